The first-order valence-corrected chi connectivity index (χ1v) is 18.5. The van der Waals surface area contributed by atoms with E-state index in [1.165, 1.54) is 14.3 Å². The van der Waals surface area contributed by atoms with Crippen LogP contribution >= 0.6 is 23.2 Å². The number of rotatable bonds is 8. The highest BCUT2D eigenvalue weighted by atomic mass is 35.5. The zero-order valence-electron chi connectivity index (χ0n) is 27.9. The third-order valence-corrected chi connectivity index (χ3v) is 11.3. The molecule has 0 radical (unpaired) electrons. The van der Waals surface area contributed by atoms with Crippen molar-refractivity contribution in [3.05, 3.63) is 110 Å². The summed E-state index contributed by atoms with van der Waals surface area (Å²) in [5, 5.41) is -0.357. The molecule has 3 aromatic carbocycles. The highest BCUT2D eigenvalue weighted by molar-refractivity contribution is 7.92. The van der Waals surface area contributed by atoms with Gasteiger partial charge in [-0.05, 0) is 49.6 Å². The quantitative estimate of drug-likeness (QED) is 0.275. The molecular formula is C35H36Cl2N6O7S. The Bertz CT molecular complexity index is 2140. The van der Waals surface area contributed by atoms with Gasteiger partial charge in [0.15, 0.2) is 0 Å². The highest BCUT2D eigenvalue weighted by Gasteiger charge is 2.36. The van der Waals surface area contributed by atoms with Gasteiger partial charge in [0.1, 0.15) is 23.7 Å². The molecule has 51 heavy (non-hydrogen) atoms. The van der Waals surface area contributed by atoms with Gasteiger partial charge in [-0.3, -0.25) is 23.8 Å². The SMILES string of the molecule is Cc1c(NS(=O)(=O)c2cc(C(=O)N3CCN(C4CCCN(C(=O)OCc5ccccc5)C4)C(=O)C3)c(Cl)cc2Cl)c(=O)n(-c2ccccc2)n1C. The van der Waals surface area contributed by atoms with E-state index in [1.54, 1.807) is 54.1 Å². The van der Waals surface area contributed by atoms with E-state index in [0.717, 1.165) is 17.7 Å². The smallest absolute Gasteiger partial charge is 0.410 e. The van der Waals surface area contributed by atoms with Crippen LogP contribution < -0.4 is 10.3 Å². The molecule has 1 N–H and O–H groups in total. The lowest BCUT2D eigenvalue weighted by Gasteiger charge is -2.42. The number of para-hydroxylation sites is 1. The Morgan fingerprint density at radius 1 is 0.922 bits per heavy atom. The maximum atomic E-state index is 13.7. The lowest BCUT2D eigenvalue weighted by atomic mass is 10.0. The van der Waals surface area contributed by atoms with Crippen molar-refractivity contribution in [3.8, 4) is 5.69 Å². The van der Waals surface area contributed by atoms with Crippen molar-refractivity contribution < 1.29 is 27.5 Å². The maximum Gasteiger partial charge on any atom is 0.410 e. The van der Waals surface area contributed by atoms with Gasteiger partial charge < -0.3 is 19.4 Å². The number of piperazine rings is 1. The molecule has 1 aromatic heterocycles. The van der Waals surface area contributed by atoms with Crippen molar-refractivity contribution in [2.45, 2.75) is 37.3 Å². The van der Waals surface area contributed by atoms with E-state index in [1.807, 2.05) is 30.3 Å². The molecule has 2 fully saturated rings. The van der Waals surface area contributed by atoms with Crippen LogP contribution in [0.5, 0.6) is 0 Å². The second-order valence-electron chi connectivity index (χ2n) is 12.4. The van der Waals surface area contributed by atoms with E-state index in [2.05, 4.69) is 4.72 Å². The largest absolute Gasteiger partial charge is 0.445 e. The number of sulfonamides is 1. The number of hydrogen-bond donors (Lipinski definition) is 1. The predicted molar refractivity (Wildman–Crippen MR) is 192 cm³/mol. The molecule has 2 aliphatic rings. The number of amides is 3. The van der Waals surface area contributed by atoms with Crippen molar-refractivity contribution in [2.24, 2.45) is 7.05 Å². The first kappa shape index (κ1) is 36.0. The molecular weight excluding hydrogens is 719 g/mol. The van der Waals surface area contributed by atoms with Gasteiger partial charge in [0.25, 0.3) is 21.5 Å². The zero-order valence-corrected chi connectivity index (χ0v) is 30.2. The second-order valence-corrected chi connectivity index (χ2v) is 14.9. The summed E-state index contributed by atoms with van der Waals surface area (Å²) in [7, 11) is -2.88. The molecule has 2 saturated heterocycles. The Balaban J connectivity index is 1.14. The second kappa shape index (κ2) is 14.8. The number of aromatic nitrogens is 2. The molecule has 2 aliphatic heterocycles. The average Bonchev–Trinajstić information content (AvgIpc) is 3.33. The van der Waals surface area contributed by atoms with Gasteiger partial charge in [0, 0.05) is 39.3 Å². The molecule has 1 unspecified atom stereocenters. The Morgan fingerprint density at radius 2 is 1.61 bits per heavy atom. The Hall–Kier alpha value is -4.79. The third kappa shape index (κ3) is 7.48. The lowest BCUT2D eigenvalue weighted by molar-refractivity contribution is -0.138. The van der Waals surface area contributed by atoms with E-state index < -0.39 is 32.5 Å². The summed E-state index contributed by atoms with van der Waals surface area (Å²) in [4.78, 5) is 57.4. The standard InChI is InChI=1S/C35H36Cl2N6O7S/c1-23-32(34(46)43(39(23)2)25-12-7-4-8-13-25)38-51(48,49)30-18-27(28(36)19-29(30)37)33(45)40-16-17-42(31(44)21-40)26-14-9-15-41(20-26)35(47)50-22-24-10-5-3-6-11-24/h3-8,10-13,18-19,26,38H,9,14-17,20-22H2,1-2H3. The summed E-state index contributed by atoms with van der Waals surface area (Å²) in [5.74, 6) is -0.967. The number of ether oxygens (including phenoxy) is 1. The topological polar surface area (TPSA) is 143 Å². The van der Waals surface area contributed by atoms with Gasteiger partial charge in [0.2, 0.25) is 5.91 Å². The summed E-state index contributed by atoms with van der Waals surface area (Å²) in [6, 6.07) is 20.0. The molecule has 16 heteroatoms. The van der Waals surface area contributed by atoms with Crippen molar-refractivity contribution >= 4 is 56.8 Å². The number of likely N-dealkylation sites (tertiary alicyclic amines) is 1. The van der Waals surface area contributed by atoms with Gasteiger partial charge in [-0.2, -0.15) is 0 Å². The number of anilines is 1. The van der Waals surface area contributed by atoms with E-state index in [0.29, 0.717) is 37.3 Å². The first-order valence-electron chi connectivity index (χ1n) is 16.3. The lowest BCUT2D eigenvalue weighted by Crippen LogP contribution is -2.59. The third-order valence-electron chi connectivity index (χ3n) is 9.18. The van der Waals surface area contributed by atoms with Crippen LogP contribution in [0.15, 0.2) is 82.5 Å². The molecule has 0 saturated carbocycles. The Morgan fingerprint density at radius 3 is 2.29 bits per heavy atom. The van der Waals surface area contributed by atoms with Gasteiger partial charge in [-0.1, -0.05) is 71.7 Å². The fraction of sp³-hybridized carbons (Fsp3) is 0.314. The summed E-state index contributed by atoms with van der Waals surface area (Å²) in [5.41, 5.74) is 0.791. The minimum Gasteiger partial charge on any atom is -0.445 e. The van der Waals surface area contributed by atoms with Gasteiger partial charge >= 0.3 is 6.09 Å². The number of carbonyl (C=O) groups excluding carboxylic acids is 3. The van der Waals surface area contributed by atoms with Crippen molar-refractivity contribution in [1.29, 1.82) is 0 Å². The molecule has 1 atom stereocenters. The minimum absolute atomic E-state index is 0.0990. The molecule has 13 nitrogen and oxygen atoms in total. The van der Waals surface area contributed by atoms with E-state index in [-0.39, 0.29) is 59.5 Å². The normalized spacial score (nSPS) is 16.7. The zero-order chi connectivity index (χ0) is 36.4. The number of benzene rings is 3. The first-order chi connectivity index (χ1) is 24.4. The van der Waals surface area contributed by atoms with Crippen LogP contribution in [-0.2, 0) is 33.2 Å². The maximum absolute atomic E-state index is 13.7. The van der Waals surface area contributed by atoms with E-state index >= 15 is 0 Å². The molecule has 4 aromatic rings. The Kier molecular flexibility index (Phi) is 10.5. The van der Waals surface area contributed by atoms with Crippen molar-refractivity contribution in [2.75, 3.05) is 37.4 Å². The minimum atomic E-state index is -4.50. The summed E-state index contributed by atoms with van der Waals surface area (Å²) >= 11 is 12.8. The van der Waals surface area contributed by atoms with Crippen LogP contribution in [0.1, 0.15) is 34.5 Å². The Labute approximate surface area is 304 Å². The van der Waals surface area contributed by atoms with E-state index in [9.17, 15) is 27.6 Å². The summed E-state index contributed by atoms with van der Waals surface area (Å²) < 4.78 is 38.1. The molecule has 0 aliphatic carbocycles. The number of halogens is 2. The van der Waals surface area contributed by atoms with Crippen molar-refractivity contribution in [1.82, 2.24) is 24.1 Å². The summed E-state index contributed by atoms with van der Waals surface area (Å²) in [6.45, 7) is 2.65. The number of piperidine rings is 1. The number of nitrogens with one attached hydrogen (secondary N) is 1. The van der Waals surface area contributed by atoms with E-state index in [4.69, 9.17) is 27.9 Å². The van der Waals surface area contributed by atoms with Gasteiger partial charge in [0.05, 0.1) is 27.0 Å². The van der Waals surface area contributed by atoms with Crippen LogP contribution in [-0.4, -0.2) is 89.2 Å². The number of hydrogen-bond acceptors (Lipinski definition) is 7. The number of carbonyl (C=O) groups is 3. The van der Waals surface area contributed by atoms with Gasteiger partial charge in [-0.25, -0.2) is 17.9 Å². The molecule has 268 valence electrons. The fourth-order valence-electron chi connectivity index (χ4n) is 6.38. The molecule has 6 rings (SSSR count). The van der Waals surface area contributed by atoms with Crippen LogP contribution in [0.4, 0.5) is 10.5 Å². The fourth-order valence-corrected chi connectivity index (χ4v) is 8.35. The summed E-state index contributed by atoms with van der Waals surface area (Å²) in [6.07, 6.45) is 0.925. The van der Waals surface area contributed by atoms with Gasteiger partial charge in [-0.15, -0.1) is 0 Å². The average molecular weight is 756 g/mol. The van der Waals surface area contributed by atoms with Crippen LogP contribution in [0, 0.1) is 6.92 Å². The monoisotopic (exact) mass is 754 g/mol. The molecule has 0 bridgehead atoms. The molecule has 0 spiro atoms. The number of nitrogens with zero attached hydrogens (tertiary/aromatic N) is 5. The highest BCUT2D eigenvalue weighted by Crippen LogP contribution is 2.32. The van der Waals surface area contributed by atoms with Crippen LogP contribution in [0.25, 0.3) is 5.69 Å². The van der Waals surface area contributed by atoms with Crippen LogP contribution in [0.3, 0.4) is 0 Å². The van der Waals surface area contributed by atoms with Crippen molar-refractivity contribution in [3.63, 3.8) is 0 Å². The molecule has 3 amide bonds. The van der Waals surface area contributed by atoms with Crippen LogP contribution in [0.2, 0.25) is 10.0 Å². The molecule has 3 heterocycles. The predicted octanol–water partition coefficient (Wildman–Crippen LogP) is 4.68.